The third kappa shape index (κ3) is 3.91. The number of aryl methyl sites for hydroxylation is 4. The Balaban J connectivity index is 0.00000242. The van der Waals surface area contributed by atoms with Crippen molar-refractivity contribution in [2.24, 2.45) is 0 Å². The first kappa shape index (κ1) is 19.2. The number of hydrogen-bond donors (Lipinski definition) is 0. The van der Waals surface area contributed by atoms with E-state index in [-0.39, 0.29) is 33.0 Å². The minimum Gasteiger partial charge on any atom is -0.289 e. The minimum atomic E-state index is 0. The number of benzene rings is 2. The van der Waals surface area contributed by atoms with Gasteiger partial charge in [-0.1, -0.05) is 29.8 Å². The topological polar surface area (TPSA) is 17.1 Å². The molecule has 2 rings (SSSR count). The van der Waals surface area contributed by atoms with Crippen molar-refractivity contribution in [3.8, 4) is 0 Å². The maximum absolute atomic E-state index is 12.8. The van der Waals surface area contributed by atoms with Gasteiger partial charge in [0.2, 0.25) is 0 Å². The fraction of sp³-hybridized carbons (Fsp3) is 0.316. The second-order valence-corrected chi connectivity index (χ2v) is 7.15. The monoisotopic (exact) mass is 305 g/mol. The van der Waals surface area contributed by atoms with Gasteiger partial charge in [0.25, 0.3) is 0 Å². The maximum Gasteiger partial charge on any atom is 1.00 e. The van der Waals surface area contributed by atoms with Crippen LogP contribution in [0.2, 0.25) is 0 Å². The molecule has 1 unspecified atom stereocenters. The summed E-state index contributed by atoms with van der Waals surface area (Å²) < 4.78 is 0. The minimum absolute atomic E-state index is 0. The van der Waals surface area contributed by atoms with E-state index in [1.807, 2.05) is 6.92 Å². The van der Waals surface area contributed by atoms with E-state index in [1.54, 1.807) is 0 Å². The summed E-state index contributed by atoms with van der Waals surface area (Å²) in [5, 5.41) is 1.16. The van der Waals surface area contributed by atoms with E-state index in [4.69, 9.17) is 0 Å². The molecule has 22 heavy (non-hydrogen) atoms. The molecule has 1 atom stereocenters. The summed E-state index contributed by atoms with van der Waals surface area (Å²) in [7, 11) is 0.198. The largest absolute Gasteiger partial charge is 1.00 e. The smallest absolute Gasteiger partial charge is 0.289 e. The van der Waals surface area contributed by atoms with E-state index in [0.29, 0.717) is 0 Å². The van der Waals surface area contributed by atoms with Crippen molar-refractivity contribution in [3.63, 3.8) is 0 Å². The average molecular weight is 305 g/mol. The standard InChI is InChI=1S/C19H23OP.Li/c1-11-7-8-12(2)17(9-11)21-19(20)18-14(4)10-13(3)15(5)16(18)6;/h7-10,21H,1-6H3;/q;+1. The zero-order chi connectivity index (χ0) is 15.7. The SMILES string of the molecule is Cc1ccc(C)c(PC(=O)c2c(C)cc(C)c(C)c2C)c1.[Li+]. The first-order valence-corrected chi connectivity index (χ1v) is 8.27. The van der Waals surface area contributed by atoms with Gasteiger partial charge in [-0.05, 0) is 83.2 Å². The van der Waals surface area contributed by atoms with E-state index in [2.05, 4.69) is 58.9 Å². The Morgan fingerprint density at radius 1 is 0.818 bits per heavy atom. The van der Waals surface area contributed by atoms with E-state index < -0.39 is 0 Å². The number of rotatable bonds is 3. The Hall–Kier alpha value is -0.863. The first-order chi connectivity index (χ1) is 9.81. The maximum atomic E-state index is 12.8. The van der Waals surface area contributed by atoms with Crippen molar-refractivity contribution in [2.75, 3.05) is 0 Å². The van der Waals surface area contributed by atoms with Crippen LogP contribution in [-0.4, -0.2) is 5.52 Å². The van der Waals surface area contributed by atoms with E-state index >= 15 is 0 Å². The average Bonchev–Trinajstić information content (AvgIpc) is 2.40. The van der Waals surface area contributed by atoms with Gasteiger partial charge in [0, 0.05) is 5.56 Å². The van der Waals surface area contributed by atoms with Crippen molar-refractivity contribution in [3.05, 3.63) is 63.2 Å². The van der Waals surface area contributed by atoms with Gasteiger partial charge in [0.05, 0.1) is 0 Å². The molecule has 0 aliphatic heterocycles. The molecule has 0 spiro atoms. The van der Waals surface area contributed by atoms with Crippen molar-refractivity contribution in [2.45, 2.75) is 41.5 Å². The van der Waals surface area contributed by atoms with Crippen LogP contribution in [0.25, 0.3) is 0 Å². The number of hydrogen-bond acceptors (Lipinski definition) is 1. The van der Waals surface area contributed by atoms with E-state index in [9.17, 15) is 4.79 Å². The van der Waals surface area contributed by atoms with Gasteiger partial charge >= 0.3 is 18.9 Å². The molecule has 110 valence electrons. The Morgan fingerprint density at radius 3 is 2.09 bits per heavy atom. The third-order valence-electron chi connectivity index (χ3n) is 4.22. The van der Waals surface area contributed by atoms with E-state index in [0.717, 1.165) is 22.0 Å². The molecular weight excluding hydrogens is 282 g/mol. The molecule has 0 amide bonds. The molecule has 0 aliphatic rings. The molecule has 2 aromatic carbocycles. The third-order valence-corrected chi connectivity index (χ3v) is 5.51. The molecule has 0 aliphatic carbocycles. The normalized spacial score (nSPS) is 10.8. The van der Waals surface area contributed by atoms with Crippen molar-refractivity contribution >= 4 is 19.4 Å². The molecule has 0 radical (unpaired) electrons. The predicted octanol–water partition coefficient (Wildman–Crippen LogP) is 1.69. The van der Waals surface area contributed by atoms with Gasteiger partial charge < -0.3 is 0 Å². The second-order valence-electron chi connectivity index (χ2n) is 5.91. The van der Waals surface area contributed by atoms with Crippen LogP contribution in [0.3, 0.4) is 0 Å². The van der Waals surface area contributed by atoms with Gasteiger partial charge in [-0.25, -0.2) is 0 Å². The molecule has 1 nitrogen and oxygen atoms in total. The molecule has 0 saturated carbocycles. The molecule has 0 fully saturated rings. The van der Waals surface area contributed by atoms with E-state index in [1.165, 1.54) is 22.3 Å². The predicted molar refractivity (Wildman–Crippen MR) is 93.6 cm³/mol. The fourth-order valence-corrected chi connectivity index (χ4v) is 4.02. The van der Waals surface area contributed by atoms with Crippen LogP contribution in [0.1, 0.15) is 43.7 Å². The number of carbonyl (C=O) groups excluding carboxylic acids is 1. The van der Waals surface area contributed by atoms with Crippen molar-refractivity contribution in [1.29, 1.82) is 0 Å². The van der Waals surface area contributed by atoms with Crippen molar-refractivity contribution < 1.29 is 23.7 Å². The van der Waals surface area contributed by atoms with Crippen molar-refractivity contribution in [1.82, 2.24) is 0 Å². The summed E-state index contributed by atoms with van der Waals surface area (Å²) in [6.45, 7) is 12.5. The summed E-state index contributed by atoms with van der Waals surface area (Å²) in [6, 6.07) is 8.46. The Kier molecular flexibility index (Phi) is 6.63. The van der Waals surface area contributed by atoms with Gasteiger partial charge in [-0.2, -0.15) is 0 Å². The molecule has 2 aromatic rings. The van der Waals surface area contributed by atoms with Gasteiger partial charge in [0.15, 0.2) is 5.52 Å². The Bertz CT molecular complexity index is 720. The zero-order valence-corrected chi connectivity index (χ0v) is 15.7. The summed E-state index contributed by atoms with van der Waals surface area (Å²) in [4.78, 5) is 12.8. The van der Waals surface area contributed by atoms with Crippen LogP contribution in [0.15, 0.2) is 24.3 Å². The molecule has 0 aromatic heterocycles. The van der Waals surface area contributed by atoms with Crippen LogP contribution < -0.4 is 24.2 Å². The molecule has 0 heterocycles. The molecule has 0 saturated heterocycles. The van der Waals surface area contributed by atoms with Crippen LogP contribution in [0.4, 0.5) is 0 Å². The second kappa shape index (κ2) is 7.61. The van der Waals surface area contributed by atoms with Crippen LogP contribution >= 0.6 is 8.58 Å². The summed E-state index contributed by atoms with van der Waals surface area (Å²) in [5.41, 5.74) is 8.30. The van der Waals surface area contributed by atoms with Gasteiger partial charge in [0.1, 0.15) is 0 Å². The molecule has 0 N–H and O–H groups in total. The van der Waals surface area contributed by atoms with Crippen LogP contribution in [0.5, 0.6) is 0 Å². The van der Waals surface area contributed by atoms with Gasteiger partial charge in [-0.15, -0.1) is 0 Å². The zero-order valence-electron chi connectivity index (χ0n) is 14.7. The Labute approximate surface area is 147 Å². The van der Waals surface area contributed by atoms with Crippen LogP contribution in [0, 0.1) is 41.5 Å². The number of carbonyl (C=O) groups is 1. The molecule has 0 bridgehead atoms. The quantitative estimate of drug-likeness (QED) is 0.623. The Morgan fingerprint density at radius 2 is 1.45 bits per heavy atom. The molecule has 3 heteroatoms. The summed E-state index contributed by atoms with van der Waals surface area (Å²) in [6.07, 6.45) is 0. The van der Waals surface area contributed by atoms with Crippen LogP contribution in [-0.2, 0) is 0 Å². The summed E-state index contributed by atoms with van der Waals surface area (Å²) >= 11 is 0. The first-order valence-electron chi connectivity index (χ1n) is 7.27. The summed E-state index contributed by atoms with van der Waals surface area (Å²) in [5.74, 6) is 0. The molecular formula is C19H23LiOP+. The van der Waals surface area contributed by atoms with Gasteiger partial charge in [-0.3, -0.25) is 4.79 Å². The fourth-order valence-electron chi connectivity index (χ4n) is 2.69.